The summed E-state index contributed by atoms with van der Waals surface area (Å²) in [6.07, 6.45) is 3.91. The monoisotopic (exact) mass is 394 g/mol. The van der Waals surface area contributed by atoms with Gasteiger partial charge in [0.15, 0.2) is 5.54 Å². The lowest BCUT2D eigenvalue weighted by Crippen LogP contribution is -2.52. The van der Waals surface area contributed by atoms with Gasteiger partial charge < -0.3 is 15.1 Å². The molecular formula is C21H22N4O4. The molecule has 2 N–H and O–H groups in total. The molecule has 1 atom stereocenters. The molecule has 2 aromatic rings. The fraction of sp³-hybridized carbons (Fsp3) is 0.429. The molecule has 2 heterocycles. The van der Waals surface area contributed by atoms with E-state index < -0.39 is 35.5 Å². The maximum atomic E-state index is 13.0. The summed E-state index contributed by atoms with van der Waals surface area (Å²) in [4.78, 5) is 38.9. The Morgan fingerprint density at radius 1 is 1.28 bits per heavy atom. The molecule has 1 saturated heterocycles. The van der Waals surface area contributed by atoms with Crippen LogP contribution in [0.4, 0.5) is 4.79 Å². The van der Waals surface area contributed by atoms with Crippen LogP contribution in [0.1, 0.15) is 44.8 Å². The summed E-state index contributed by atoms with van der Waals surface area (Å²) >= 11 is 0. The molecule has 0 spiro atoms. The van der Waals surface area contributed by atoms with Crippen molar-refractivity contribution in [3.05, 3.63) is 36.1 Å². The smallest absolute Gasteiger partial charge is 0.325 e. The van der Waals surface area contributed by atoms with Crippen molar-refractivity contribution < 1.29 is 18.8 Å². The van der Waals surface area contributed by atoms with Crippen LogP contribution in [0.3, 0.4) is 0 Å². The number of fused-ring (bicyclic) bond motifs is 1. The third-order valence-corrected chi connectivity index (χ3v) is 5.79. The Balaban J connectivity index is 1.52. The lowest BCUT2D eigenvalue weighted by atomic mass is 9.83. The molecule has 150 valence electrons. The predicted octanol–water partition coefficient (Wildman–Crippen LogP) is 2.54. The highest BCUT2D eigenvalue weighted by Gasteiger charge is 2.52. The predicted molar refractivity (Wildman–Crippen MR) is 103 cm³/mol. The highest BCUT2D eigenvalue weighted by molar-refractivity contribution is 6.09. The summed E-state index contributed by atoms with van der Waals surface area (Å²) in [6, 6.07) is 10.6. The molecule has 1 aliphatic heterocycles. The normalized spacial score (nSPS) is 23.7. The van der Waals surface area contributed by atoms with Crippen LogP contribution in [0.15, 0.2) is 34.7 Å². The van der Waals surface area contributed by atoms with E-state index in [1.54, 1.807) is 19.1 Å². The number of para-hydroxylation sites is 1. The summed E-state index contributed by atoms with van der Waals surface area (Å²) in [5.74, 6) is -0.780. The van der Waals surface area contributed by atoms with Crippen molar-refractivity contribution in [3.8, 4) is 6.07 Å². The maximum absolute atomic E-state index is 13.0. The van der Waals surface area contributed by atoms with Gasteiger partial charge >= 0.3 is 6.03 Å². The standard InChI is InChI=1S/C21H22N4O4/c1-20(16-11-14-7-3-4-8-15(14)29-16)18(27)25(19(28)24-20)12-17(26)23-21(13-22)9-5-2-6-10-21/h3-4,7-8,11H,2,5-6,9-10,12H2,1H3,(H,23,26)(H,24,28)/t20-/m1/s1. The number of nitrogens with one attached hydrogen (secondary N) is 2. The second-order valence-corrected chi connectivity index (χ2v) is 7.90. The number of carbonyl (C=O) groups excluding carboxylic acids is 3. The average molecular weight is 394 g/mol. The fourth-order valence-corrected chi connectivity index (χ4v) is 4.11. The Hall–Kier alpha value is -3.34. The Labute approximate surface area is 167 Å². The average Bonchev–Trinajstić information content (AvgIpc) is 3.25. The molecule has 2 fully saturated rings. The van der Waals surface area contributed by atoms with E-state index in [1.807, 2.05) is 18.2 Å². The molecule has 4 rings (SSSR count). The van der Waals surface area contributed by atoms with Gasteiger partial charge in [0.2, 0.25) is 5.91 Å². The van der Waals surface area contributed by atoms with E-state index in [1.165, 1.54) is 0 Å². The molecule has 1 aliphatic carbocycles. The van der Waals surface area contributed by atoms with Crippen molar-refractivity contribution in [1.29, 1.82) is 5.26 Å². The van der Waals surface area contributed by atoms with Crippen LogP contribution >= 0.6 is 0 Å². The third kappa shape index (κ3) is 3.23. The van der Waals surface area contributed by atoms with Gasteiger partial charge in [-0.05, 0) is 31.9 Å². The van der Waals surface area contributed by atoms with Crippen molar-refractivity contribution in [3.63, 3.8) is 0 Å². The molecule has 1 aromatic heterocycles. The second-order valence-electron chi connectivity index (χ2n) is 7.90. The van der Waals surface area contributed by atoms with Gasteiger partial charge in [0.1, 0.15) is 23.4 Å². The zero-order chi connectivity index (χ0) is 20.6. The number of rotatable bonds is 4. The van der Waals surface area contributed by atoms with E-state index in [2.05, 4.69) is 16.7 Å². The highest BCUT2D eigenvalue weighted by atomic mass is 16.3. The van der Waals surface area contributed by atoms with Gasteiger partial charge in [-0.2, -0.15) is 5.26 Å². The van der Waals surface area contributed by atoms with E-state index in [-0.39, 0.29) is 0 Å². The number of imide groups is 1. The first-order valence-electron chi connectivity index (χ1n) is 9.72. The molecule has 0 unspecified atom stereocenters. The van der Waals surface area contributed by atoms with Gasteiger partial charge in [0, 0.05) is 5.39 Å². The number of furan rings is 1. The quantitative estimate of drug-likeness (QED) is 0.773. The van der Waals surface area contributed by atoms with E-state index in [9.17, 15) is 19.6 Å². The zero-order valence-corrected chi connectivity index (χ0v) is 16.2. The molecule has 29 heavy (non-hydrogen) atoms. The van der Waals surface area contributed by atoms with Gasteiger partial charge in [-0.25, -0.2) is 4.79 Å². The van der Waals surface area contributed by atoms with Crippen molar-refractivity contribution in [2.24, 2.45) is 0 Å². The Morgan fingerprint density at radius 2 is 2.00 bits per heavy atom. The molecule has 8 nitrogen and oxygen atoms in total. The summed E-state index contributed by atoms with van der Waals surface area (Å²) < 4.78 is 5.78. The summed E-state index contributed by atoms with van der Waals surface area (Å²) in [5.41, 5.74) is -1.71. The van der Waals surface area contributed by atoms with Gasteiger partial charge in [-0.3, -0.25) is 14.5 Å². The summed E-state index contributed by atoms with van der Waals surface area (Å²) in [6.45, 7) is 1.12. The molecule has 0 radical (unpaired) electrons. The van der Waals surface area contributed by atoms with Crippen LogP contribution in [0.25, 0.3) is 11.0 Å². The van der Waals surface area contributed by atoms with Crippen molar-refractivity contribution in [2.45, 2.75) is 50.1 Å². The van der Waals surface area contributed by atoms with Crippen LogP contribution in [-0.4, -0.2) is 34.8 Å². The zero-order valence-electron chi connectivity index (χ0n) is 16.2. The molecule has 1 saturated carbocycles. The molecule has 1 aromatic carbocycles. The third-order valence-electron chi connectivity index (χ3n) is 5.79. The van der Waals surface area contributed by atoms with Crippen molar-refractivity contribution in [1.82, 2.24) is 15.5 Å². The minimum Gasteiger partial charge on any atom is -0.458 e. The van der Waals surface area contributed by atoms with E-state index >= 15 is 0 Å². The molecular weight excluding hydrogens is 372 g/mol. The van der Waals surface area contributed by atoms with Crippen LogP contribution in [0.2, 0.25) is 0 Å². The first-order chi connectivity index (χ1) is 13.9. The van der Waals surface area contributed by atoms with Crippen LogP contribution in [0, 0.1) is 11.3 Å². The number of carbonyl (C=O) groups is 3. The second kappa shape index (κ2) is 6.92. The van der Waals surface area contributed by atoms with Gasteiger partial charge in [-0.15, -0.1) is 0 Å². The SMILES string of the molecule is C[C@]1(c2cc3ccccc3o2)NC(=O)N(CC(=O)NC2(C#N)CCCCC2)C1=O. The lowest BCUT2D eigenvalue weighted by molar-refractivity contribution is -0.135. The number of amides is 4. The molecule has 8 heteroatoms. The minimum absolute atomic E-state index is 0.306. The van der Waals surface area contributed by atoms with E-state index in [0.717, 1.165) is 29.5 Å². The van der Waals surface area contributed by atoms with Crippen molar-refractivity contribution >= 4 is 28.8 Å². The number of hydrogen-bond donors (Lipinski definition) is 2. The van der Waals surface area contributed by atoms with Gasteiger partial charge in [0.25, 0.3) is 5.91 Å². The minimum atomic E-state index is -1.39. The summed E-state index contributed by atoms with van der Waals surface area (Å²) in [7, 11) is 0. The molecule has 0 bridgehead atoms. The number of urea groups is 1. The van der Waals surface area contributed by atoms with Crippen LogP contribution < -0.4 is 10.6 Å². The van der Waals surface area contributed by atoms with E-state index in [0.29, 0.717) is 24.2 Å². The number of hydrogen-bond acceptors (Lipinski definition) is 5. The summed E-state index contributed by atoms with van der Waals surface area (Å²) in [5, 5.41) is 15.7. The first kappa shape index (κ1) is 19.0. The lowest BCUT2D eigenvalue weighted by Gasteiger charge is -2.32. The molecule has 4 amide bonds. The Kier molecular flexibility index (Phi) is 4.53. The maximum Gasteiger partial charge on any atom is 0.325 e. The number of nitrogens with zero attached hydrogens (tertiary/aromatic N) is 2. The van der Waals surface area contributed by atoms with E-state index in [4.69, 9.17) is 4.42 Å². The Morgan fingerprint density at radius 3 is 2.69 bits per heavy atom. The largest absolute Gasteiger partial charge is 0.458 e. The van der Waals surface area contributed by atoms with Gasteiger partial charge in [0.05, 0.1) is 6.07 Å². The fourth-order valence-electron chi connectivity index (χ4n) is 4.11. The van der Waals surface area contributed by atoms with Gasteiger partial charge in [-0.1, -0.05) is 37.5 Å². The highest BCUT2D eigenvalue weighted by Crippen LogP contribution is 2.33. The molecule has 2 aliphatic rings. The Bertz CT molecular complexity index is 998. The van der Waals surface area contributed by atoms with Crippen molar-refractivity contribution in [2.75, 3.05) is 6.54 Å². The topological polar surface area (TPSA) is 115 Å². The first-order valence-corrected chi connectivity index (χ1v) is 9.72. The number of nitriles is 1. The number of benzene rings is 1. The van der Waals surface area contributed by atoms with Crippen LogP contribution in [0.5, 0.6) is 0 Å². The van der Waals surface area contributed by atoms with Crippen LogP contribution in [-0.2, 0) is 15.1 Å².